The van der Waals surface area contributed by atoms with Crippen LogP contribution in [0, 0.1) is 5.92 Å². The molecule has 0 saturated carbocycles. The van der Waals surface area contributed by atoms with E-state index in [4.69, 9.17) is 16.6 Å². The van der Waals surface area contributed by atoms with Crippen molar-refractivity contribution in [1.82, 2.24) is 24.6 Å². The third-order valence-electron chi connectivity index (χ3n) is 7.13. The number of benzene rings is 1. The molecular formula is C24H31ClN8O3S. The SMILES string of the molecule is CNC(=O)Nc1ccc(C2=NCCC(C3CCN4C(Nc5cc(S(=O)(=O)N(C)C)c(Cl)cn5)N34)C2)cc1. The van der Waals surface area contributed by atoms with Crippen LogP contribution in [-0.4, -0.2) is 86.0 Å². The molecule has 3 aliphatic heterocycles. The van der Waals surface area contributed by atoms with Crippen molar-refractivity contribution < 1.29 is 13.2 Å². The number of pyridine rings is 1. The number of amides is 2. The molecular weight excluding hydrogens is 516 g/mol. The Morgan fingerprint density at radius 1 is 1.19 bits per heavy atom. The maximum atomic E-state index is 12.6. The number of aliphatic imine (C=N–C) groups is 1. The lowest BCUT2D eigenvalue weighted by Gasteiger charge is -2.29. The quantitative estimate of drug-likeness (QED) is 0.456. The first-order chi connectivity index (χ1) is 17.7. The van der Waals surface area contributed by atoms with Gasteiger partial charge in [-0.05, 0) is 42.9 Å². The Balaban J connectivity index is 1.24. The zero-order chi connectivity index (χ0) is 26.3. The smallest absolute Gasteiger partial charge is 0.318 e. The van der Waals surface area contributed by atoms with Crippen molar-refractivity contribution >= 4 is 44.9 Å². The summed E-state index contributed by atoms with van der Waals surface area (Å²) in [4.78, 5) is 20.7. The Labute approximate surface area is 221 Å². The number of nitrogens with zero attached hydrogens (tertiary/aromatic N) is 5. The summed E-state index contributed by atoms with van der Waals surface area (Å²) < 4.78 is 26.4. The summed E-state index contributed by atoms with van der Waals surface area (Å²) in [5.74, 6) is 0.926. The van der Waals surface area contributed by atoms with Gasteiger partial charge in [-0.1, -0.05) is 23.7 Å². The molecule has 5 rings (SSSR count). The van der Waals surface area contributed by atoms with E-state index >= 15 is 0 Å². The number of carbonyl (C=O) groups is 1. The van der Waals surface area contributed by atoms with Crippen molar-refractivity contribution in [3.63, 3.8) is 0 Å². The molecule has 5 unspecified atom stereocenters. The van der Waals surface area contributed by atoms with Crippen molar-refractivity contribution in [2.75, 3.05) is 44.9 Å². The van der Waals surface area contributed by atoms with Gasteiger partial charge in [0.2, 0.25) is 10.0 Å². The van der Waals surface area contributed by atoms with Crippen LogP contribution in [0.1, 0.15) is 24.8 Å². The van der Waals surface area contributed by atoms with Gasteiger partial charge in [0.15, 0.2) is 6.29 Å². The molecule has 3 N–H and O–H groups in total. The molecule has 3 aliphatic rings. The summed E-state index contributed by atoms with van der Waals surface area (Å²) in [5.41, 5.74) is 2.89. The molecule has 2 saturated heterocycles. The summed E-state index contributed by atoms with van der Waals surface area (Å²) in [6.07, 6.45) is 4.32. The second-order valence-electron chi connectivity index (χ2n) is 9.57. The van der Waals surface area contributed by atoms with E-state index in [1.807, 2.05) is 24.3 Å². The van der Waals surface area contributed by atoms with E-state index in [9.17, 15) is 13.2 Å². The zero-order valence-electron chi connectivity index (χ0n) is 21.0. The number of carbonyl (C=O) groups excluding carboxylic acids is 1. The number of aromatic nitrogens is 1. The van der Waals surface area contributed by atoms with Crippen LogP contribution in [0.4, 0.5) is 16.3 Å². The van der Waals surface area contributed by atoms with Gasteiger partial charge in [0.25, 0.3) is 0 Å². The molecule has 5 atom stereocenters. The minimum absolute atomic E-state index is 0.0280. The summed E-state index contributed by atoms with van der Waals surface area (Å²) in [7, 11) is 0.858. The van der Waals surface area contributed by atoms with Crippen LogP contribution in [-0.2, 0) is 10.0 Å². The maximum Gasteiger partial charge on any atom is 0.318 e. The number of nitrogens with one attached hydrogen (secondary N) is 3. The Hall–Kier alpha value is -2.77. The largest absolute Gasteiger partial charge is 0.341 e. The normalized spacial score (nSPS) is 26.8. The van der Waals surface area contributed by atoms with Crippen molar-refractivity contribution in [2.45, 2.75) is 36.5 Å². The predicted octanol–water partition coefficient (Wildman–Crippen LogP) is 2.64. The van der Waals surface area contributed by atoms with E-state index in [0.29, 0.717) is 17.8 Å². The lowest BCUT2D eigenvalue weighted by atomic mass is 9.85. The van der Waals surface area contributed by atoms with Crippen LogP contribution in [0.3, 0.4) is 0 Å². The van der Waals surface area contributed by atoms with E-state index in [2.05, 4.69) is 31.0 Å². The van der Waals surface area contributed by atoms with Crippen LogP contribution in [0.5, 0.6) is 0 Å². The maximum absolute atomic E-state index is 12.6. The Bertz CT molecular complexity index is 1320. The molecule has 37 heavy (non-hydrogen) atoms. The van der Waals surface area contributed by atoms with Gasteiger partial charge in [-0.3, -0.25) is 4.99 Å². The van der Waals surface area contributed by atoms with E-state index in [0.717, 1.165) is 53.6 Å². The lowest BCUT2D eigenvalue weighted by Crippen LogP contribution is -2.34. The number of fused-ring (bicyclic) bond motifs is 1. The number of halogens is 1. The van der Waals surface area contributed by atoms with E-state index < -0.39 is 10.0 Å². The molecule has 0 bridgehead atoms. The summed E-state index contributed by atoms with van der Waals surface area (Å²) in [6.45, 7) is 1.72. The molecule has 0 spiro atoms. The second-order valence-corrected chi connectivity index (χ2v) is 12.1. The second kappa shape index (κ2) is 10.2. The Morgan fingerprint density at radius 3 is 2.65 bits per heavy atom. The van der Waals surface area contributed by atoms with Crippen LogP contribution < -0.4 is 16.0 Å². The number of rotatable bonds is 7. The van der Waals surface area contributed by atoms with Gasteiger partial charge in [-0.25, -0.2) is 27.5 Å². The third kappa shape index (κ3) is 5.16. The molecule has 198 valence electrons. The Kier molecular flexibility index (Phi) is 7.12. The molecule has 4 heterocycles. The van der Waals surface area contributed by atoms with Gasteiger partial charge in [0.05, 0.1) is 5.02 Å². The molecule has 1 aromatic heterocycles. The van der Waals surface area contributed by atoms with Gasteiger partial charge < -0.3 is 16.0 Å². The fourth-order valence-electron chi connectivity index (χ4n) is 5.10. The third-order valence-corrected chi connectivity index (χ3v) is 9.40. The standard InChI is InChI=1S/C24H31ClN8O3S/c1-26-23(34)29-17-6-4-15(5-7-17)19-12-16(8-10-27-19)20-9-11-32-24(33(20)32)30-22-13-21(18(25)14-28-22)37(35,36)31(2)3/h4-7,13-14,16,20,24H,8-12H2,1-3H3,(H,28,30)(H2,26,29,34). The molecule has 1 aromatic carbocycles. The number of hydrogen-bond acceptors (Lipinski definition) is 8. The lowest BCUT2D eigenvalue weighted by molar-refractivity contribution is 0.241. The fourth-order valence-corrected chi connectivity index (χ4v) is 6.45. The predicted molar refractivity (Wildman–Crippen MR) is 143 cm³/mol. The molecule has 0 aliphatic carbocycles. The topological polar surface area (TPSA) is 122 Å². The van der Waals surface area contributed by atoms with Crippen molar-refractivity contribution in [3.8, 4) is 0 Å². The van der Waals surface area contributed by atoms with Crippen LogP contribution in [0.15, 0.2) is 46.4 Å². The molecule has 13 heteroatoms. The first kappa shape index (κ1) is 25.9. The first-order valence-corrected chi connectivity index (χ1v) is 14.0. The summed E-state index contributed by atoms with van der Waals surface area (Å²) in [6, 6.07) is 9.40. The summed E-state index contributed by atoms with van der Waals surface area (Å²) in [5, 5.41) is 13.4. The minimum atomic E-state index is -3.68. The minimum Gasteiger partial charge on any atom is -0.341 e. The van der Waals surface area contributed by atoms with Crippen LogP contribution in [0.25, 0.3) is 0 Å². The van der Waals surface area contributed by atoms with Gasteiger partial charge >= 0.3 is 6.03 Å². The highest BCUT2D eigenvalue weighted by atomic mass is 35.5. The van der Waals surface area contributed by atoms with Gasteiger partial charge in [-0.15, -0.1) is 0 Å². The van der Waals surface area contributed by atoms with E-state index in [1.54, 1.807) is 7.05 Å². The van der Waals surface area contributed by atoms with Crippen molar-refractivity contribution in [1.29, 1.82) is 0 Å². The number of urea groups is 1. The first-order valence-electron chi connectivity index (χ1n) is 12.2. The molecule has 2 amide bonds. The van der Waals surface area contributed by atoms with Crippen molar-refractivity contribution in [2.24, 2.45) is 10.9 Å². The average Bonchev–Trinajstić information content (AvgIpc) is 3.36. The van der Waals surface area contributed by atoms with E-state index in [1.165, 1.54) is 26.4 Å². The highest BCUT2D eigenvalue weighted by Gasteiger charge is 2.56. The molecule has 11 nitrogen and oxygen atoms in total. The zero-order valence-corrected chi connectivity index (χ0v) is 22.6. The Morgan fingerprint density at radius 2 is 1.95 bits per heavy atom. The molecule has 0 radical (unpaired) electrons. The highest BCUT2D eigenvalue weighted by Crippen LogP contribution is 2.43. The number of sulfonamides is 1. The van der Waals surface area contributed by atoms with E-state index in [-0.39, 0.29) is 22.2 Å². The molecule has 2 fully saturated rings. The number of hydrogen-bond donors (Lipinski definition) is 3. The number of anilines is 2. The average molecular weight is 547 g/mol. The molecule has 2 aromatic rings. The van der Waals surface area contributed by atoms with Crippen molar-refractivity contribution in [3.05, 3.63) is 47.1 Å². The summed E-state index contributed by atoms with van der Waals surface area (Å²) >= 11 is 6.15. The highest BCUT2D eigenvalue weighted by molar-refractivity contribution is 7.89. The monoisotopic (exact) mass is 546 g/mol. The fraction of sp³-hybridized carbons (Fsp3) is 0.458. The van der Waals surface area contributed by atoms with Crippen LogP contribution in [0.2, 0.25) is 5.02 Å². The van der Waals surface area contributed by atoms with Gasteiger partial charge in [-0.2, -0.15) is 5.01 Å². The van der Waals surface area contributed by atoms with Gasteiger partial charge in [0, 0.05) is 63.9 Å². The number of hydrazine groups is 1. The van der Waals surface area contributed by atoms with Gasteiger partial charge in [0.1, 0.15) is 10.7 Å². The van der Waals surface area contributed by atoms with Crippen LogP contribution >= 0.6 is 11.6 Å².